The molecular formula is C14H22N4. The van der Waals surface area contributed by atoms with Gasteiger partial charge < -0.3 is 16.5 Å². The Morgan fingerprint density at radius 3 is 2.78 bits per heavy atom. The van der Waals surface area contributed by atoms with Gasteiger partial charge >= 0.3 is 0 Å². The second-order valence-electron chi connectivity index (χ2n) is 5.73. The molecule has 1 heterocycles. The van der Waals surface area contributed by atoms with E-state index in [1.165, 1.54) is 0 Å². The number of fused-ring (bicyclic) bond motifs is 1. The molecule has 0 saturated heterocycles. The zero-order valence-electron chi connectivity index (χ0n) is 11.3. The Labute approximate surface area is 108 Å². The molecule has 4 heteroatoms. The Hall–Kier alpha value is -1.39. The Morgan fingerprint density at radius 1 is 1.39 bits per heavy atom. The number of nitrogens with two attached hydrogens (primary N) is 2. The van der Waals surface area contributed by atoms with Gasteiger partial charge in [0.15, 0.2) is 0 Å². The first-order valence-corrected chi connectivity index (χ1v) is 6.36. The van der Waals surface area contributed by atoms with Crippen molar-refractivity contribution in [1.29, 1.82) is 0 Å². The van der Waals surface area contributed by atoms with Crippen molar-refractivity contribution >= 4 is 11.0 Å². The van der Waals surface area contributed by atoms with Crippen LogP contribution in [0.4, 0.5) is 0 Å². The van der Waals surface area contributed by atoms with Crippen LogP contribution >= 0.6 is 0 Å². The van der Waals surface area contributed by atoms with Gasteiger partial charge in [-0.15, -0.1) is 0 Å². The van der Waals surface area contributed by atoms with Gasteiger partial charge in [-0.3, -0.25) is 0 Å². The number of H-pyrrole nitrogens is 1. The number of hydrogen-bond donors (Lipinski definition) is 3. The van der Waals surface area contributed by atoms with Crippen LogP contribution in [0.3, 0.4) is 0 Å². The summed E-state index contributed by atoms with van der Waals surface area (Å²) < 4.78 is 0. The van der Waals surface area contributed by atoms with Gasteiger partial charge in [0.1, 0.15) is 5.82 Å². The Balaban J connectivity index is 2.14. The fourth-order valence-electron chi connectivity index (χ4n) is 2.08. The smallest absolute Gasteiger partial charge is 0.104 e. The number of aryl methyl sites for hydroxylation is 1. The van der Waals surface area contributed by atoms with Gasteiger partial charge in [0, 0.05) is 11.6 Å². The maximum Gasteiger partial charge on any atom is 0.104 e. The van der Waals surface area contributed by atoms with Crippen LogP contribution in [0.15, 0.2) is 18.2 Å². The van der Waals surface area contributed by atoms with Gasteiger partial charge in [-0.1, -0.05) is 6.07 Å². The summed E-state index contributed by atoms with van der Waals surface area (Å²) in [6.45, 7) is 6.01. The van der Waals surface area contributed by atoms with Crippen molar-refractivity contribution < 1.29 is 0 Å². The topological polar surface area (TPSA) is 80.7 Å². The zero-order valence-corrected chi connectivity index (χ0v) is 11.3. The second kappa shape index (κ2) is 4.71. The molecule has 0 amide bonds. The van der Waals surface area contributed by atoms with Crippen LogP contribution in [0.1, 0.15) is 44.1 Å². The van der Waals surface area contributed by atoms with Gasteiger partial charge in [0.05, 0.1) is 11.0 Å². The number of aromatic nitrogens is 2. The number of aromatic amines is 1. The van der Waals surface area contributed by atoms with Crippen molar-refractivity contribution in [2.75, 3.05) is 0 Å². The second-order valence-corrected chi connectivity index (χ2v) is 5.73. The normalized spacial score (nSPS) is 14.1. The van der Waals surface area contributed by atoms with E-state index in [4.69, 9.17) is 11.5 Å². The highest BCUT2D eigenvalue weighted by atomic mass is 14.9. The molecule has 0 spiro atoms. The van der Waals surface area contributed by atoms with Crippen molar-refractivity contribution in [2.24, 2.45) is 11.5 Å². The molecule has 0 saturated carbocycles. The first kappa shape index (κ1) is 13.1. The van der Waals surface area contributed by atoms with E-state index in [-0.39, 0.29) is 11.6 Å². The maximum absolute atomic E-state index is 6.21. The highest BCUT2D eigenvalue weighted by Crippen LogP contribution is 2.22. The molecule has 2 rings (SSSR count). The molecule has 0 fully saturated rings. The fourth-order valence-corrected chi connectivity index (χ4v) is 2.08. The largest absolute Gasteiger partial charge is 0.342 e. The molecule has 1 aromatic heterocycles. The molecule has 0 radical (unpaired) electrons. The van der Waals surface area contributed by atoms with Crippen molar-refractivity contribution in [1.82, 2.24) is 9.97 Å². The molecule has 1 atom stereocenters. The highest BCUT2D eigenvalue weighted by Gasteiger charge is 2.14. The van der Waals surface area contributed by atoms with E-state index >= 15 is 0 Å². The van der Waals surface area contributed by atoms with Crippen LogP contribution < -0.4 is 11.5 Å². The van der Waals surface area contributed by atoms with Crippen LogP contribution in [0.25, 0.3) is 11.0 Å². The lowest BCUT2D eigenvalue weighted by Gasteiger charge is -2.21. The predicted octanol–water partition coefficient (Wildman–Crippen LogP) is 2.39. The van der Waals surface area contributed by atoms with Gasteiger partial charge in [-0.2, -0.15) is 0 Å². The van der Waals surface area contributed by atoms with Crippen LogP contribution in [0, 0.1) is 6.92 Å². The summed E-state index contributed by atoms with van der Waals surface area (Å²) in [6.07, 6.45) is 1.80. The summed E-state index contributed by atoms with van der Waals surface area (Å²) in [7, 11) is 0. The molecule has 18 heavy (non-hydrogen) atoms. The molecule has 1 unspecified atom stereocenters. The molecule has 0 bridgehead atoms. The summed E-state index contributed by atoms with van der Waals surface area (Å²) in [4.78, 5) is 7.62. The molecule has 98 valence electrons. The molecule has 5 N–H and O–H groups in total. The summed E-state index contributed by atoms with van der Waals surface area (Å²) in [5, 5.41) is 0. The summed E-state index contributed by atoms with van der Waals surface area (Å²) in [5.74, 6) is 0.929. The lowest BCUT2D eigenvalue weighted by Crippen LogP contribution is -2.32. The molecule has 0 aliphatic heterocycles. The molecule has 1 aromatic carbocycles. The predicted molar refractivity (Wildman–Crippen MR) is 75.3 cm³/mol. The Kier molecular flexibility index (Phi) is 3.41. The molecule has 4 nitrogen and oxygen atoms in total. The summed E-state index contributed by atoms with van der Waals surface area (Å²) >= 11 is 0. The number of nitrogens with one attached hydrogen (secondary N) is 1. The van der Waals surface area contributed by atoms with Crippen molar-refractivity contribution in [3.05, 3.63) is 29.6 Å². The van der Waals surface area contributed by atoms with E-state index < -0.39 is 0 Å². The van der Waals surface area contributed by atoms with Crippen LogP contribution in [-0.2, 0) is 0 Å². The number of benzene rings is 1. The quantitative estimate of drug-likeness (QED) is 0.774. The third-order valence-electron chi connectivity index (χ3n) is 3.15. The highest BCUT2D eigenvalue weighted by molar-refractivity contribution is 5.75. The first-order chi connectivity index (χ1) is 8.35. The third kappa shape index (κ3) is 3.09. The maximum atomic E-state index is 6.21. The van der Waals surface area contributed by atoms with E-state index in [1.807, 2.05) is 26.8 Å². The number of hydrogen-bond acceptors (Lipinski definition) is 3. The standard InChI is InChI=1S/C14H22N4/c1-9-17-12-5-4-10(8-13(12)18-9)11(15)6-7-14(2,3)16/h4-5,8,11H,6-7,15-16H2,1-3H3,(H,17,18). The number of nitrogens with zero attached hydrogens (tertiary/aromatic N) is 1. The lowest BCUT2D eigenvalue weighted by atomic mass is 9.94. The average molecular weight is 246 g/mol. The fraction of sp³-hybridized carbons (Fsp3) is 0.500. The van der Waals surface area contributed by atoms with E-state index in [1.54, 1.807) is 0 Å². The minimum absolute atomic E-state index is 0.0285. The first-order valence-electron chi connectivity index (χ1n) is 6.36. The van der Waals surface area contributed by atoms with E-state index in [0.717, 1.165) is 35.3 Å². The molecule has 2 aromatic rings. The van der Waals surface area contributed by atoms with Gasteiger partial charge in [0.2, 0.25) is 0 Å². The summed E-state index contributed by atoms with van der Waals surface area (Å²) in [5.41, 5.74) is 15.2. The SMILES string of the molecule is Cc1nc2ccc(C(N)CCC(C)(C)N)cc2[nH]1. The molecule has 0 aliphatic carbocycles. The number of imidazole rings is 1. The van der Waals surface area contributed by atoms with E-state index in [0.29, 0.717) is 0 Å². The zero-order chi connectivity index (χ0) is 13.3. The van der Waals surface area contributed by atoms with Crippen molar-refractivity contribution in [2.45, 2.75) is 45.2 Å². The van der Waals surface area contributed by atoms with E-state index in [9.17, 15) is 0 Å². The molecule has 0 aliphatic rings. The Morgan fingerprint density at radius 2 is 2.11 bits per heavy atom. The average Bonchev–Trinajstić information content (AvgIpc) is 2.63. The van der Waals surface area contributed by atoms with E-state index in [2.05, 4.69) is 22.1 Å². The van der Waals surface area contributed by atoms with Gasteiger partial charge in [-0.05, 0) is 51.3 Å². The van der Waals surface area contributed by atoms with Gasteiger partial charge in [-0.25, -0.2) is 4.98 Å². The van der Waals surface area contributed by atoms with Crippen molar-refractivity contribution in [3.63, 3.8) is 0 Å². The minimum Gasteiger partial charge on any atom is -0.342 e. The monoisotopic (exact) mass is 246 g/mol. The third-order valence-corrected chi connectivity index (χ3v) is 3.15. The number of rotatable bonds is 4. The van der Waals surface area contributed by atoms with Crippen molar-refractivity contribution in [3.8, 4) is 0 Å². The molecular weight excluding hydrogens is 224 g/mol. The Bertz CT molecular complexity index is 536. The van der Waals surface area contributed by atoms with Crippen LogP contribution in [0.5, 0.6) is 0 Å². The van der Waals surface area contributed by atoms with Crippen LogP contribution in [0.2, 0.25) is 0 Å². The minimum atomic E-state index is -0.160. The van der Waals surface area contributed by atoms with Gasteiger partial charge in [0.25, 0.3) is 0 Å². The van der Waals surface area contributed by atoms with Crippen LogP contribution in [-0.4, -0.2) is 15.5 Å². The lowest BCUT2D eigenvalue weighted by molar-refractivity contribution is 0.433. The summed E-state index contributed by atoms with van der Waals surface area (Å²) in [6, 6.07) is 6.18.